The number of ether oxygens (including phenoxy) is 1. The van der Waals surface area contributed by atoms with Crippen LogP contribution >= 0.6 is 11.8 Å². The van der Waals surface area contributed by atoms with Crippen LogP contribution in [0.5, 0.6) is 0 Å². The second-order valence-corrected chi connectivity index (χ2v) is 6.50. The average Bonchev–Trinajstić information content (AvgIpc) is 2.59. The SMILES string of the molecule is Cc1ccc(SCCNC(=O)COC(=O)Cc2ccccc2)cc1. The van der Waals surface area contributed by atoms with Crippen molar-refractivity contribution >= 4 is 23.6 Å². The van der Waals surface area contributed by atoms with E-state index in [1.54, 1.807) is 11.8 Å². The van der Waals surface area contributed by atoms with Gasteiger partial charge in [0.1, 0.15) is 0 Å². The molecular weight excluding hydrogens is 322 g/mol. The highest BCUT2D eigenvalue weighted by molar-refractivity contribution is 7.99. The van der Waals surface area contributed by atoms with Crippen molar-refractivity contribution in [3.05, 3.63) is 65.7 Å². The van der Waals surface area contributed by atoms with Crippen molar-refractivity contribution in [2.75, 3.05) is 18.9 Å². The molecule has 4 nitrogen and oxygen atoms in total. The number of hydrogen-bond donors (Lipinski definition) is 1. The molecule has 2 aromatic carbocycles. The smallest absolute Gasteiger partial charge is 0.310 e. The molecule has 126 valence electrons. The van der Waals surface area contributed by atoms with Crippen LogP contribution in [0.15, 0.2) is 59.5 Å². The Bertz CT molecular complexity index is 656. The summed E-state index contributed by atoms with van der Waals surface area (Å²) in [5, 5.41) is 2.75. The molecular formula is C19H21NO3S. The van der Waals surface area contributed by atoms with E-state index in [-0.39, 0.29) is 18.9 Å². The molecule has 1 amide bonds. The van der Waals surface area contributed by atoms with Crippen LogP contribution in [-0.4, -0.2) is 30.8 Å². The van der Waals surface area contributed by atoms with Gasteiger partial charge in [-0.2, -0.15) is 0 Å². The van der Waals surface area contributed by atoms with E-state index in [0.717, 1.165) is 11.3 Å². The minimum atomic E-state index is -0.398. The molecule has 0 aromatic heterocycles. The van der Waals surface area contributed by atoms with Crippen LogP contribution in [0.25, 0.3) is 0 Å². The summed E-state index contributed by atoms with van der Waals surface area (Å²) in [5.74, 6) is 0.0959. The summed E-state index contributed by atoms with van der Waals surface area (Å²) >= 11 is 1.67. The summed E-state index contributed by atoms with van der Waals surface area (Å²) in [5.41, 5.74) is 2.10. The predicted molar refractivity (Wildman–Crippen MR) is 96.0 cm³/mol. The number of nitrogens with one attached hydrogen (secondary N) is 1. The van der Waals surface area contributed by atoms with Gasteiger partial charge in [0.25, 0.3) is 5.91 Å². The Labute approximate surface area is 146 Å². The Morgan fingerprint density at radius 1 is 1.04 bits per heavy atom. The highest BCUT2D eigenvalue weighted by atomic mass is 32.2. The van der Waals surface area contributed by atoms with E-state index < -0.39 is 5.97 Å². The Balaban J connectivity index is 1.58. The van der Waals surface area contributed by atoms with Gasteiger partial charge in [-0.25, -0.2) is 0 Å². The van der Waals surface area contributed by atoms with Gasteiger partial charge >= 0.3 is 5.97 Å². The standard InChI is InChI=1S/C19H21NO3S/c1-15-7-9-17(10-8-15)24-12-11-20-18(21)14-23-19(22)13-16-5-3-2-4-6-16/h2-10H,11-14H2,1H3,(H,20,21). The fourth-order valence-electron chi connectivity index (χ4n) is 2.00. The molecule has 0 aliphatic carbocycles. The zero-order valence-corrected chi connectivity index (χ0v) is 14.5. The van der Waals surface area contributed by atoms with Crippen molar-refractivity contribution < 1.29 is 14.3 Å². The second-order valence-electron chi connectivity index (χ2n) is 5.33. The molecule has 24 heavy (non-hydrogen) atoms. The van der Waals surface area contributed by atoms with Gasteiger partial charge in [0, 0.05) is 17.2 Å². The van der Waals surface area contributed by atoms with Crippen LogP contribution in [0.1, 0.15) is 11.1 Å². The van der Waals surface area contributed by atoms with Crippen LogP contribution in [0.3, 0.4) is 0 Å². The maximum atomic E-state index is 11.7. The second kappa shape index (κ2) is 9.78. The lowest BCUT2D eigenvalue weighted by atomic mass is 10.2. The van der Waals surface area contributed by atoms with E-state index in [0.29, 0.717) is 6.54 Å². The number of hydrogen-bond acceptors (Lipinski definition) is 4. The Morgan fingerprint density at radius 3 is 2.46 bits per heavy atom. The fourth-order valence-corrected chi connectivity index (χ4v) is 2.77. The molecule has 0 bridgehead atoms. The van der Waals surface area contributed by atoms with E-state index >= 15 is 0 Å². The summed E-state index contributed by atoms with van der Waals surface area (Å²) in [6.45, 7) is 2.35. The number of thioether (sulfide) groups is 1. The third-order valence-corrected chi connectivity index (χ3v) is 4.28. The minimum Gasteiger partial charge on any atom is -0.455 e. The van der Waals surface area contributed by atoms with Gasteiger partial charge in [0.15, 0.2) is 6.61 Å². The zero-order valence-electron chi connectivity index (χ0n) is 13.7. The van der Waals surface area contributed by atoms with Gasteiger partial charge in [-0.05, 0) is 24.6 Å². The van der Waals surface area contributed by atoms with Crippen LogP contribution in [0.2, 0.25) is 0 Å². The van der Waals surface area contributed by atoms with Gasteiger partial charge < -0.3 is 10.1 Å². The first-order valence-electron chi connectivity index (χ1n) is 7.79. The molecule has 0 radical (unpaired) electrons. The molecule has 2 aromatic rings. The summed E-state index contributed by atoms with van der Waals surface area (Å²) in [4.78, 5) is 24.5. The first-order chi connectivity index (χ1) is 11.6. The van der Waals surface area contributed by atoms with Crippen LogP contribution < -0.4 is 5.32 Å². The molecule has 0 saturated heterocycles. The van der Waals surface area contributed by atoms with Crippen LogP contribution in [0.4, 0.5) is 0 Å². The zero-order chi connectivity index (χ0) is 17.2. The Hall–Kier alpha value is -2.27. The predicted octanol–water partition coefficient (Wildman–Crippen LogP) is 2.99. The molecule has 0 spiro atoms. The maximum absolute atomic E-state index is 11.7. The first-order valence-corrected chi connectivity index (χ1v) is 8.78. The molecule has 0 fully saturated rings. The number of rotatable bonds is 8. The summed E-state index contributed by atoms with van der Waals surface area (Å²) in [6, 6.07) is 17.6. The van der Waals surface area contributed by atoms with Crippen LogP contribution in [0, 0.1) is 6.92 Å². The molecule has 2 rings (SSSR count). The molecule has 0 heterocycles. The average molecular weight is 343 g/mol. The highest BCUT2D eigenvalue weighted by Gasteiger charge is 2.08. The molecule has 0 aliphatic rings. The van der Waals surface area contributed by atoms with Crippen molar-refractivity contribution in [2.45, 2.75) is 18.2 Å². The number of benzene rings is 2. The number of carbonyl (C=O) groups is 2. The molecule has 0 aliphatic heterocycles. The largest absolute Gasteiger partial charge is 0.455 e. The van der Waals surface area contributed by atoms with E-state index in [1.165, 1.54) is 10.5 Å². The van der Waals surface area contributed by atoms with Gasteiger partial charge in [-0.15, -0.1) is 11.8 Å². The van der Waals surface area contributed by atoms with Crippen molar-refractivity contribution in [1.29, 1.82) is 0 Å². The van der Waals surface area contributed by atoms with Gasteiger partial charge in [-0.3, -0.25) is 9.59 Å². The summed E-state index contributed by atoms with van der Waals surface area (Å²) in [6.07, 6.45) is 0.178. The number of esters is 1. The van der Waals surface area contributed by atoms with E-state index in [2.05, 4.69) is 29.6 Å². The molecule has 1 N–H and O–H groups in total. The lowest BCUT2D eigenvalue weighted by Gasteiger charge is -2.07. The van der Waals surface area contributed by atoms with E-state index in [4.69, 9.17) is 4.74 Å². The van der Waals surface area contributed by atoms with Crippen molar-refractivity contribution in [1.82, 2.24) is 5.32 Å². The molecule has 5 heteroatoms. The van der Waals surface area contributed by atoms with Crippen molar-refractivity contribution in [3.8, 4) is 0 Å². The number of aryl methyl sites for hydroxylation is 1. The number of amides is 1. The fraction of sp³-hybridized carbons (Fsp3) is 0.263. The topological polar surface area (TPSA) is 55.4 Å². The molecule has 0 unspecified atom stereocenters. The summed E-state index contributed by atoms with van der Waals surface area (Å²) in [7, 11) is 0. The Kier molecular flexibility index (Phi) is 7.36. The van der Waals surface area contributed by atoms with Gasteiger partial charge in [-0.1, -0.05) is 48.0 Å². The lowest BCUT2D eigenvalue weighted by molar-refractivity contribution is -0.147. The van der Waals surface area contributed by atoms with Crippen molar-refractivity contribution in [3.63, 3.8) is 0 Å². The monoisotopic (exact) mass is 343 g/mol. The van der Waals surface area contributed by atoms with Gasteiger partial charge in [0.05, 0.1) is 6.42 Å². The lowest BCUT2D eigenvalue weighted by Crippen LogP contribution is -2.30. The normalized spacial score (nSPS) is 10.2. The molecule has 0 saturated carbocycles. The Morgan fingerprint density at radius 2 is 1.75 bits per heavy atom. The minimum absolute atomic E-state index is 0.178. The van der Waals surface area contributed by atoms with E-state index in [1.807, 2.05) is 37.3 Å². The number of carbonyl (C=O) groups excluding carboxylic acids is 2. The summed E-state index contributed by atoms with van der Waals surface area (Å²) < 4.78 is 4.98. The van der Waals surface area contributed by atoms with Crippen molar-refractivity contribution in [2.24, 2.45) is 0 Å². The highest BCUT2D eigenvalue weighted by Crippen LogP contribution is 2.17. The maximum Gasteiger partial charge on any atom is 0.310 e. The molecule has 0 atom stereocenters. The quantitative estimate of drug-likeness (QED) is 0.455. The van der Waals surface area contributed by atoms with E-state index in [9.17, 15) is 9.59 Å². The van der Waals surface area contributed by atoms with Gasteiger partial charge in [0.2, 0.25) is 0 Å². The third kappa shape index (κ3) is 6.87. The first kappa shape index (κ1) is 18.1. The van der Waals surface area contributed by atoms with Crippen LogP contribution in [-0.2, 0) is 20.7 Å². The third-order valence-electron chi connectivity index (χ3n) is 3.27.